The van der Waals surface area contributed by atoms with Crippen LogP contribution in [0.2, 0.25) is 0 Å². The molecule has 0 saturated heterocycles. The highest BCUT2D eigenvalue weighted by Gasteiger charge is 2.05. The summed E-state index contributed by atoms with van der Waals surface area (Å²) in [5, 5.41) is 2.52. The van der Waals surface area contributed by atoms with Crippen LogP contribution in [0.4, 0.5) is 10.1 Å². The molecule has 0 aliphatic rings. The van der Waals surface area contributed by atoms with Gasteiger partial charge in [0.2, 0.25) is 5.91 Å². The summed E-state index contributed by atoms with van der Waals surface area (Å²) in [5.41, 5.74) is 5.83. The van der Waals surface area contributed by atoms with Crippen molar-refractivity contribution in [1.82, 2.24) is 0 Å². The Bertz CT molecular complexity index is 478. The topological polar surface area (TPSA) is 64.3 Å². The van der Waals surface area contributed by atoms with Crippen LogP contribution in [0.3, 0.4) is 0 Å². The molecular formula is C13H15FN2O2. The van der Waals surface area contributed by atoms with Crippen molar-refractivity contribution in [3.63, 3.8) is 0 Å². The summed E-state index contributed by atoms with van der Waals surface area (Å²) in [7, 11) is 0. The summed E-state index contributed by atoms with van der Waals surface area (Å²) in [4.78, 5) is 11.3. The normalized spacial score (nSPS) is 9.50. The first-order chi connectivity index (χ1) is 8.67. The number of benzene rings is 1. The standard InChI is InChI=1S/C13H15FN2O2/c1-2-18-9-13(17)16-11-6-5-10(4-3-7-15)12(14)8-11/h5-6,8H,2,7,9,15H2,1H3,(H,16,17). The average Bonchev–Trinajstić information content (AvgIpc) is 2.35. The van der Waals surface area contributed by atoms with Gasteiger partial charge in [0.1, 0.15) is 12.4 Å². The van der Waals surface area contributed by atoms with Gasteiger partial charge in [-0.15, -0.1) is 0 Å². The number of carbonyl (C=O) groups is 1. The number of ether oxygens (including phenoxy) is 1. The third-order valence-electron chi connectivity index (χ3n) is 2.02. The van der Waals surface area contributed by atoms with E-state index in [9.17, 15) is 9.18 Å². The van der Waals surface area contributed by atoms with E-state index in [0.717, 1.165) is 0 Å². The van der Waals surface area contributed by atoms with Gasteiger partial charge in [-0.2, -0.15) is 0 Å². The zero-order valence-corrected chi connectivity index (χ0v) is 10.1. The molecule has 1 rings (SSSR count). The molecule has 0 atom stereocenters. The molecule has 3 N–H and O–H groups in total. The lowest BCUT2D eigenvalue weighted by atomic mass is 10.2. The lowest BCUT2D eigenvalue weighted by molar-refractivity contribution is -0.120. The van der Waals surface area contributed by atoms with Gasteiger partial charge in [0.15, 0.2) is 0 Å². The fourth-order valence-corrected chi connectivity index (χ4v) is 1.23. The zero-order valence-electron chi connectivity index (χ0n) is 10.1. The zero-order chi connectivity index (χ0) is 13.4. The van der Waals surface area contributed by atoms with Crippen molar-refractivity contribution >= 4 is 11.6 Å². The predicted octanol–water partition coefficient (Wildman–Crippen LogP) is 1.11. The molecule has 0 spiro atoms. The molecule has 0 heterocycles. The lowest BCUT2D eigenvalue weighted by Crippen LogP contribution is -2.18. The van der Waals surface area contributed by atoms with E-state index >= 15 is 0 Å². The second-order valence-corrected chi connectivity index (χ2v) is 3.39. The lowest BCUT2D eigenvalue weighted by Gasteiger charge is -2.05. The summed E-state index contributed by atoms with van der Waals surface area (Å²) in [6.45, 7) is 2.37. The molecule has 5 heteroatoms. The minimum Gasteiger partial charge on any atom is -0.372 e. The number of rotatable bonds is 4. The van der Waals surface area contributed by atoms with Crippen LogP contribution in [-0.4, -0.2) is 25.7 Å². The number of amides is 1. The summed E-state index contributed by atoms with van der Waals surface area (Å²) in [5.74, 6) is 4.35. The molecule has 0 saturated carbocycles. The Kier molecular flexibility index (Phi) is 5.85. The first kappa shape index (κ1) is 14.2. The minimum atomic E-state index is -0.495. The van der Waals surface area contributed by atoms with E-state index < -0.39 is 5.82 Å². The molecule has 4 nitrogen and oxygen atoms in total. The predicted molar refractivity (Wildman–Crippen MR) is 67.5 cm³/mol. The fourth-order valence-electron chi connectivity index (χ4n) is 1.23. The Morgan fingerprint density at radius 3 is 2.94 bits per heavy atom. The molecule has 0 bridgehead atoms. The second-order valence-electron chi connectivity index (χ2n) is 3.39. The summed E-state index contributed by atoms with van der Waals surface area (Å²) >= 11 is 0. The van der Waals surface area contributed by atoms with Crippen molar-refractivity contribution < 1.29 is 13.9 Å². The average molecular weight is 250 g/mol. The van der Waals surface area contributed by atoms with Crippen molar-refractivity contribution in [2.45, 2.75) is 6.92 Å². The molecule has 96 valence electrons. The van der Waals surface area contributed by atoms with Crippen LogP contribution in [-0.2, 0) is 9.53 Å². The molecule has 1 amide bonds. The maximum atomic E-state index is 13.6. The van der Waals surface area contributed by atoms with E-state index in [1.807, 2.05) is 0 Å². The summed E-state index contributed by atoms with van der Waals surface area (Å²) in [6.07, 6.45) is 0. The molecule has 0 aliphatic carbocycles. The van der Waals surface area contributed by atoms with Crippen LogP contribution in [0.15, 0.2) is 18.2 Å². The van der Waals surface area contributed by atoms with E-state index in [4.69, 9.17) is 10.5 Å². The van der Waals surface area contributed by atoms with Crippen molar-refractivity contribution in [2.75, 3.05) is 25.1 Å². The molecule has 1 aromatic carbocycles. The molecule has 0 fully saturated rings. The Balaban J connectivity index is 2.69. The Hall–Kier alpha value is -1.90. The Morgan fingerprint density at radius 2 is 2.33 bits per heavy atom. The number of nitrogens with one attached hydrogen (secondary N) is 1. The number of hydrogen-bond acceptors (Lipinski definition) is 3. The molecule has 18 heavy (non-hydrogen) atoms. The molecule has 0 radical (unpaired) electrons. The Labute approximate surface area is 105 Å². The first-order valence-electron chi connectivity index (χ1n) is 5.53. The van der Waals surface area contributed by atoms with Crippen molar-refractivity contribution in [1.29, 1.82) is 0 Å². The van der Waals surface area contributed by atoms with Crippen LogP contribution in [0.1, 0.15) is 12.5 Å². The minimum absolute atomic E-state index is 0.0488. The highest BCUT2D eigenvalue weighted by Crippen LogP contribution is 2.13. The van der Waals surface area contributed by atoms with Crippen LogP contribution in [0.25, 0.3) is 0 Å². The number of hydrogen-bond donors (Lipinski definition) is 2. The highest BCUT2D eigenvalue weighted by molar-refractivity contribution is 5.91. The maximum Gasteiger partial charge on any atom is 0.250 e. The van der Waals surface area contributed by atoms with Crippen molar-refractivity contribution in [2.24, 2.45) is 5.73 Å². The SMILES string of the molecule is CCOCC(=O)Nc1ccc(C#CCN)c(F)c1. The Morgan fingerprint density at radius 1 is 1.56 bits per heavy atom. The van der Waals surface area contributed by atoms with Gasteiger partial charge in [0, 0.05) is 12.3 Å². The third-order valence-corrected chi connectivity index (χ3v) is 2.02. The number of nitrogens with two attached hydrogens (primary N) is 1. The first-order valence-corrected chi connectivity index (χ1v) is 5.53. The maximum absolute atomic E-state index is 13.6. The van der Waals surface area contributed by atoms with Crippen molar-refractivity contribution in [3.8, 4) is 11.8 Å². The van der Waals surface area contributed by atoms with E-state index in [-0.39, 0.29) is 24.6 Å². The van der Waals surface area contributed by atoms with Crippen molar-refractivity contribution in [3.05, 3.63) is 29.6 Å². The van der Waals surface area contributed by atoms with Gasteiger partial charge in [0.05, 0.1) is 12.1 Å². The van der Waals surface area contributed by atoms with Gasteiger partial charge in [-0.1, -0.05) is 11.8 Å². The number of halogens is 1. The molecule has 0 aliphatic heterocycles. The monoisotopic (exact) mass is 250 g/mol. The van der Waals surface area contributed by atoms with E-state index in [1.54, 1.807) is 13.0 Å². The summed E-state index contributed by atoms with van der Waals surface area (Å²) in [6, 6.07) is 4.28. The van der Waals surface area contributed by atoms with Gasteiger partial charge < -0.3 is 15.8 Å². The number of carbonyl (C=O) groups excluding carboxylic acids is 1. The highest BCUT2D eigenvalue weighted by atomic mass is 19.1. The third kappa shape index (κ3) is 4.53. The van der Waals surface area contributed by atoms with Gasteiger partial charge in [-0.25, -0.2) is 4.39 Å². The van der Waals surface area contributed by atoms with Gasteiger partial charge in [-0.05, 0) is 25.1 Å². The van der Waals surface area contributed by atoms with E-state index in [2.05, 4.69) is 17.2 Å². The molecule has 0 aromatic heterocycles. The largest absolute Gasteiger partial charge is 0.372 e. The van der Waals surface area contributed by atoms with Gasteiger partial charge >= 0.3 is 0 Å². The quantitative estimate of drug-likeness (QED) is 0.787. The fraction of sp³-hybridized carbons (Fsp3) is 0.308. The van der Waals surface area contributed by atoms with Crippen LogP contribution in [0.5, 0.6) is 0 Å². The van der Waals surface area contributed by atoms with Crippen LogP contribution in [0, 0.1) is 17.7 Å². The van der Waals surface area contributed by atoms with E-state index in [0.29, 0.717) is 12.3 Å². The molecular weight excluding hydrogens is 235 g/mol. The number of anilines is 1. The van der Waals surface area contributed by atoms with E-state index in [1.165, 1.54) is 12.1 Å². The smallest absolute Gasteiger partial charge is 0.250 e. The van der Waals surface area contributed by atoms with Gasteiger partial charge in [-0.3, -0.25) is 4.79 Å². The molecule has 0 unspecified atom stereocenters. The second kappa shape index (κ2) is 7.43. The van der Waals surface area contributed by atoms with Crippen LogP contribution < -0.4 is 11.1 Å². The summed E-state index contributed by atoms with van der Waals surface area (Å²) < 4.78 is 18.5. The van der Waals surface area contributed by atoms with Gasteiger partial charge in [0.25, 0.3) is 0 Å². The van der Waals surface area contributed by atoms with Crippen LogP contribution >= 0.6 is 0 Å². The molecule has 1 aromatic rings.